The highest BCUT2D eigenvalue weighted by Crippen LogP contribution is 2.36. The molecule has 2 aliphatic carbocycles. The highest BCUT2D eigenvalue weighted by molar-refractivity contribution is 5.40. The van der Waals surface area contributed by atoms with E-state index in [2.05, 4.69) is 23.5 Å². The summed E-state index contributed by atoms with van der Waals surface area (Å²) >= 11 is 0. The van der Waals surface area contributed by atoms with Crippen molar-refractivity contribution >= 4 is 0 Å². The van der Waals surface area contributed by atoms with E-state index in [0.717, 1.165) is 31.1 Å². The first kappa shape index (κ1) is 12.9. The number of ether oxygens (including phenoxy) is 2. The Hall–Kier alpha value is -1.06. The number of methoxy groups -OCH3 is 1. The molecule has 1 aromatic rings. The van der Waals surface area contributed by atoms with Gasteiger partial charge in [-0.05, 0) is 61.9 Å². The first-order valence-corrected chi connectivity index (χ1v) is 7.27. The smallest absolute Gasteiger partial charge is 0.119 e. The van der Waals surface area contributed by atoms with Crippen LogP contribution in [-0.2, 0) is 11.2 Å². The van der Waals surface area contributed by atoms with Crippen molar-refractivity contribution in [1.82, 2.24) is 5.32 Å². The summed E-state index contributed by atoms with van der Waals surface area (Å²) in [6.07, 6.45) is 5.21. The maximum absolute atomic E-state index is 6.14. The molecule has 0 aromatic heterocycles. The van der Waals surface area contributed by atoms with Gasteiger partial charge in [-0.1, -0.05) is 6.07 Å². The third-order valence-electron chi connectivity index (χ3n) is 4.31. The first-order chi connectivity index (χ1) is 9.31. The third kappa shape index (κ3) is 2.77. The standard InChI is InChI=1S/C16H23NO2/c1-17-16-14-9-13(18-2)7-5-12(14)6-8-15(16)19-10-11-3-4-11/h5,7,9,11,15-17H,3-4,6,8,10H2,1-2H3. The van der Waals surface area contributed by atoms with Crippen molar-refractivity contribution in [1.29, 1.82) is 0 Å². The second-order valence-electron chi connectivity index (χ2n) is 5.68. The van der Waals surface area contributed by atoms with Gasteiger partial charge in [0.2, 0.25) is 0 Å². The number of nitrogens with one attached hydrogen (secondary N) is 1. The third-order valence-corrected chi connectivity index (χ3v) is 4.31. The number of fused-ring (bicyclic) bond motifs is 1. The molecule has 19 heavy (non-hydrogen) atoms. The van der Waals surface area contributed by atoms with Gasteiger partial charge in [-0.3, -0.25) is 0 Å². The predicted octanol–water partition coefficient (Wildman–Crippen LogP) is 2.70. The highest BCUT2D eigenvalue weighted by atomic mass is 16.5. The van der Waals surface area contributed by atoms with Gasteiger partial charge < -0.3 is 14.8 Å². The van der Waals surface area contributed by atoms with Crippen molar-refractivity contribution in [2.24, 2.45) is 5.92 Å². The van der Waals surface area contributed by atoms with E-state index >= 15 is 0 Å². The van der Waals surface area contributed by atoms with Crippen molar-refractivity contribution in [3.63, 3.8) is 0 Å². The zero-order valence-electron chi connectivity index (χ0n) is 11.8. The van der Waals surface area contributed by atoms with Crippen molar-refractivity contribution in [3.8, 4) is 5.75 Å². The van der Waals surface area contributed by atoms with Crippen LogP contribution < -0.4 is 10.1 Å². The van der Waals surface area contributed by atoms with Crippen LogP contribution in [0, 0.1) is 5.92 Å². The van der Waals surface area contributed by atoms with Gasteiger partial charge in [-0.2, -0.15) is 0 Å². The van der Waals surface area contributed by atoms with Crippen LogP contribution in [0.3, 0.4) is 0 Å². The molecule has 0 amide bonds. The molecule has 3 rings (SSSR count). The second kappa shape index (κ2) is 5.51. The molecule has 0 spiro atoms. The van der Waals surface area contributed by atoms with Crippen LogP contribution in [0.15, 0.2) is 18.2 Å². The van der Waals surface area contributed by atoms with E-state index in [4.69, 9.17) is 9.47 Å². The lowest BCUT2D eigenvalue weighted by molar-refractivity contribution is 0.0115. The van der Waals surface area contributed by atoms with Gasteiger partial charge in [-0.15, -0.1) is 0 Å². The van der Waals surface area contributed by atoms with Gasteiger partial charge in [0.1, 0.15) is 5.75 Å². The van der Waals surface area contributed by atoms with E-state index in [1.807, 2.05) is 7.05 Å². The van der Waals surface area contributed by atoms with Gasteiger partial charge in [0, 0.05) is 6.61 Å². The van der Waals surface area contributed by atoms with E-state index < -0.39 is 0 Å². The van der Waals surface area contributed by atoms with E-state index in [9.17, 15) is 0 Å². The summed E-state index contributed by atoms with van der Waals surface area (Å²) < 4.78 is 11.5. The predicted molar refractivity (Wildman–Crippen MR) is 75.6 cm³/mol. The maximum atomic E-state index is 6.14. The molecule has 0 saturated heterocycles. The summed E-state index contributed by atoms with van der Waals surface area (Å²) in [7, 11) is 3.74. The Morgan fingerprint density at radius 2 is 2.11 bits per heavy atom. The fourth-order valence-corrected chi connectivity index (χ4v) is 2.95. The fourth-order valence-electron chi connectivity index (χ4n) is 2.95. The topological polar surface area (TPSA) is 30.5 Å². The summed E-state index contributed by atoms with van der Waals surface area (Å²) in [5.41, 5.74) is 2.76. The summed E-state index contributed by atoms with van der Waals surface area (Å²) in [5, 5.41) is 3.43. The minimum atomic E-state index is 0.289. The van der Waals surface area contributed by atoms with Crippen LogP contribution >= 0.6 is 0 Å². The van der Waals surface area contributed by atoms with Crippen molar-refractivity contribution < 1.29 is 9.47 Å². The Morgan fingerprint density at radius 1 is 1.26 bits per heavy atom. The van der Waals surface area contributed by atoms with Crippen LogP contribution in [-0.4, -0.2) is 26.9 Å². The molecule has 3 heteroatoms. The molecule has 2 aliphatic rings. The van der Waals surface area contributed by atoms with Crippen molar-refractivity contribution in [3.05, 3.63) is 29.3 Å². The van der Waals surface area contributed by atoms with Crippen LogP contribution in [0.25, 0.3) is 0 Å². The highest BCUT2D eigenvalue weighted by Gasteiger charge is 2.31. The molecule has 104 valence electrons. The number of aryl methyl sites for hydroxylation is 1. The van der Waals surface area contributed by atoms with Crippen LogP contribution in [0.1, 0.15) is 36.4 Å². The number of hydrogen-bond donors (Lipinski definition) is 1. The van der Waals surface area contributed by atoms with E-state index in [-0.39, 0.29) is 6.04 Å². The summed E-state index contributed by atoms with van der Waals surface area (Å²) in [6.45, 7) is 0.933. The number of likely N-dealkylation sites (N-methyl/N-ethyl adjacent to an activating group) is 1. The zero-order valence-corrected chi connectivity index (χ0v) is 11.8. The minimum Gasteiger partial charge on any atom is -0.497 e. The fraction of sp³-hybridized carbons (Fsp3) is 0.625. The lowest BCUT2D eigenvalue weighted by atomic mass is 9.85. The van der Waals surface area contributed by atoms with Crippen molar-refractivity contribution in [2.45, 2.75) is 37.8 Å². The molecule has 1 fully saturated rings. The first-order valence-electron chi connectivity index (χ1n) is 7.27. The SMILES string of the molecule is CNC1c2cc(OC)ccc2CCC1OCC1CC1. The lowest BCUT2D eigenvalue weighted by Gasteiger charge is -2.33. The van der Waals surface area contributed by atoms with Gasteiger partial charge in [0.05, 0.1) is 19.3 Å². The molecule has 2 atom stereocenters. The molecule has 1 saturated carbocycles. The van der Waals surface area contributed by atoms with Gasteiger partial charge in [0.25, 0.3) is 0 Å². The Bertz CT molecular complexity index is 442. The number of rotatable bonds is 5. The molecule has 0 heterocycles. The van der Waals surface area contributed by atoms with Gasteiger partial charge in [-0.25, -0.2) is 0 Å². The largest absolute Gasteiger partial charge is 0.497 e. The summed E-state index contributed by atoms with van der Waals surface area (Å²) in [4.78, 5) is 0. The Morgan fingerprint density at radius 3 is 2.79 bits per heavy atom. The molecule has 0 bridgehead atoms. The number of hydrogen-bond acceptors (Lipinski definition) is 3. The minimum absolute atomic E-state index is 0.289. The van der Waals surface area contributed by atoms with Gasteiger partial charge in [0.15, 0.2) is 0 Å². The quantitative estimate of drug-likeness (QED) is 0.884. The average molecular weight is 261 g/mol. The van der Waals surface area contributed by atoms with E-state index in [0.29, 0.717) is 6.10 Å². The second-order valence-corrected chi connectivity index (χ2v) is 5.68. The molecule has 0 aliphatic heterocycles. The van der Waals surface area contributed by atoms with Crippen molar-refractivity contribution in [2.75, 3.05) is 20.8 Å². The van der Waals surface area contributed by atoms with E-state index in [1.165, 1.54) is 24.0 Å². The van der Waals surface area contributed by atoms with Crippen LogP contribution in [0.4, 0.5) is 0 Å². The molecule has 0 radical (unpaired) electrons. The summed E-state index contributed by atoms with van der Waals surface area (Å²) in [6, 6.07) is 6.69. The molecule has 1 aromatic carbocycles. The molecular formula is C16H23NO2. The average Bonchev–Trinajstić information content (AvgIpc) is 3.27. The van der Waals surface area contributed by atoms with Gasteiger partial charge >= 0.3 is 0 Å². The zero-order chi connectivity index (χ0) is 13.2. The molecule has 3 nitrogen and oxygen atoms in total. The lowest BCUT2D eigenvalue weighted by Crippen LogP contribution is -2.36. The Labute approximate surface area is 115 Å². The normalized spacial score (nSPS) is 26.0. The number of benzene rings is 1. The molecule has 2 unspecified atom stereocenters. The maximum Gasteiger partial charge on any atom is 0.119 e. The Balaban J connectivity index is 1.78. The molecule has 1 N–H and O–H groups in total. The Kier molecular flexibility index (Phi) is 3.76. The van der Waals surface area contributed by atoms with Crippen LogP contribution in [0.2, 0.25) is 0 Å². The molecular weight excluding hydrogens is 238 g/mol. The summed E-state index contributed by atoms with van der Waals surface area (Å²) in [5.74, 6) is 1.76. The van der Waals surface area contributed by atoms with E-state index in [1.54, 1.807) is 7.11 Å². The van der Waals surface area contributed by atoms with Crippen LogP contribution in [0.5, 0.6) is 5.75 Å². The monoisotopic (exact) mass is 261 g/mol.